The van der Waals surface area contributed by atoms with E-state index in [1.54, 1.807) is 0 Å². The summed E-state index contributed by atoms with van der Waals surface area (Å²) in [6, 6.07) is 17.5. The number of carbonyl (C=O) groups is 1. The number of nitrogens with zero attached hydrogens (tertiary/aromatic N) is 2. The second kappa shape index (κ2) is 9.32. The molecule has 0 bridgehead atoms. The van der Waals surface area contributed by atoms with Gasteiger partial charge < -0.3 is 25.0 Å². The quantitative estimate of drug-likeness (QED) is 0.617. The number of benzene rings is 2. The molecule has 3 unspecified atom stereocenters. The van der Waals surface area contributed by atoms with Crippen LogP contribution in [-0.2, 0) is 4.79 Å². The van der Waals surface area contributed by atoms with Crippen molar-refractivity contribution in [1.29, 1.82) is 0 Å². The van der Waals surface area contributed by atoms with E-state index in [0.29, 0.717) is 13.2 Å². The Bertz CT molecular complexity index is 957. The number of para-hydroxylation sites is 1. The van der Waals surface area contributed by atoms with Gasteiger partial charge in [0.15, 0.2) is 0 Å². The van der Waals surface area contributed by atoms with E-state index in [1.807, 2.05) is 59.5 Å². The van der Waals surface area contributed by atoms with Crippen LogP contribution < -0.4 is 20.3 Å². The number of β-amino-alcohol motifs (C(OH)–C–C–N with tert-alkyl or cyclic N) is 1. The fourth-order valence-corrected chi connectivity index (χ4v) is 4.83. The van der Waals surface area contributed by atoms with Gasteiger partial charge in [-0.2, -0.15) is 0 Å². The number of nitrogens with one attached hydrogen (secondary N) is 2. The van der Waals surface area contributed by atoms with Crippen molar-refractivity contribution in [3.8, 4) is 5.75 Å². The van der Waals surface area contributed by atoms with Crippen LogP contribution in [0.2, 0.25) is 0 Å². The van der Waals surface area contributed by atoms with E-state index in [4.69, 9.17) is 4.74 Å². The van der Waals surface area contributed by atoms with Gasteiger partial charge in [-0.05, 0) is 61.3 Å². The normalized spacial score (nSPS) is 24.1. The summed E-state index contributed by atoms with van der Waals surface area (Å²) >= 11 is 0. The standard InChI is InChI=1S/C25H30N4O3/c30-20(14-28-12-4-5-13-28)16-32-21-10-8-18(9-11-21)22-15-29(19-6-2-1-3-7-19)24-23(22)26-17-27-25(24)31/h1-3,6-11,15,20,23-24,26,30H,4-5,12-14,16-17H2,(H,27,31). The Hall–Kier alpha value is -2.87. The Balaban J connectivity index is 1.28. The molecular weight excluding hydrogens is 404 g/mol. The van der Waals surface area contributed by atoms with Crippen LogP contribution in [0.25, 0.3) is 5.57 Å². The molecule has 1 amide bonds. The summed E-state index contributed by atoms with van der Waals surface area (Å²) in [6.45, 7) is 3.53. The molecular formula is C25H30N4O3. The number of aliphatic hydroxyl groups excluding tert-OH is 1. The predicted molar refractivity (Wildman–Crippen MR) is 124 cm³/mol. The molecule has 2 aromatic carbocycles. The third kappa shape index (κ3) is 4.37. The fourth-order valence-electron chi connectivity index (χ4n) is 4.83. The van der Waals surface area contributed by atoms with Crippen LogP contribution in [-0.4, -0.2) is 67.0 Å². The Kier molecular flexibility index (Phi) is 6.12. The van der Waals surface area contributed by atoms with E-state index in [1.165, 1.54) is 12.8 Å². The summed E-state index contributed by atoms with van der Waals surface area (Å²) in [5, 5.41) is 16.6. The van der Waals surface area contributed by atoms with Crippen LogP contribution >= 0.6 is 0 Å². The van der Waals surface area contributed by atoms with Gasteiger partial charge in [-0.25, -0.2) is 0 Å². The number of aliphatic hydroxyl groups is 1. The van der Waals surface area contributed by atoms with Crippen LogP contribution in [0.5, 0.6) is 5.75 Å². The number of hydrogen-bond donors (Lipinski definition) is 3. The van der Waals surface area contributed by atoms with E-state index in [9.17, 15) is 9.90 Å². The Labute approximate surface area is 188 Å². The number of ether oxygens (including phenoxy) is 1. The molecule has 2 saturated heterocycles. The first-order valence-electron chi connectivity index (χ1n) is 11.4. The molecule has 7 nitrogen and oxygen atoms in total. The van der Waals surface area contributed by atoms with Crippen molar-refractivity contribution in [2.24, 2.45) is 0 Å². The lowest BCUT2D eigenvalue weighted by molar-refractivity contribution is -0.123. The van der Waals surface area contributed by atoms with Gasteiger partial charge in [0, 0.05) is 18.4 Å². The topological polar surface area (TPSA) is 77.1 Å². The van der Waals surface area contributed by atoms with Gasteiger partial charge in [-0.1, -0.05) is 30.3 Å². The Morgan fingerprint density at radius 2 is 1.81 bits per heavy atom. The molecule has 3 N–H and O–H groups in total. The molecule has 5 rings (SSSR count). The van der Waals surface area contributed by atoms with Crippen molar-refractivity contribution in [2.45, 2.75) is 31.0 Å². The van der Waals surface area contributed by atoms with Crippen LogP contribution in [0.15, 0.2) is 60.8 Å². The van der Waals surface area contributed by atoms with Crippen LogP contribution in [0.4, 0.5) is 5.69 Å². The van der Waals surface area contributed by atoms with Gasteiger partial charge in [-0.15, -0.1) is 0 Å². The van der Waals surface area contributed by atoms with E-state index in [-0.39, 0.29) is 24.6 Å². The van der Waals surface area contributed by atoms with Gasteiger partial charge in [0.05, 0.1) is 12.7 Å². The van der Waals surface area contributed by atoms with Gasteiger partial charge in [0.1, 0.15) is 24.5 Å². The maximum absolute atomic E-state index is 12.7. The van der Waals surface area contributed by atoms with Crippen molar-refractivity contribution < 1.29 is 14.6 Å². The minimum absolute atomic E-state index is 0.0239. The number of likely N-dealkylation sites (tertiary alicyclic amines) is 1. The number of hydrogen-bond acceptors (Lipinski definition) is 6. The average molecular weight is 435 g/mol. The van der Waals surface area contributed by atoms with Crippen LogP contribution in [0, 0.1) is 0 Å². The lowest BCUT2D eigenvalue weighted by atomic mass is 9.95. The monoisotopic (exact) mass is 434 g/mol. The van der Waals surface area contributed by atoms with Gasteiger partial charge in [0.25, 0.3) is 0 Å². The van der Waals surface area contributed by atoms with Gasteiger partial charge in [0.2, 0.25) is 5.91 Å². The molecule has 3 heterocycles. The van der Waals surface area contributed by atoms with Crippen molar-refractivity contribution >= 4 is 17.2 Å². The Morgan fingerprint density at radius 3 is 2.56 bits per heavy atom. The summed E-state index contributed by atoms with van der Waals surface area (Å²) in [7, 11) is 0. The first kappa shape index (κ1) is 21.0. The highest BCUT2D eigenvalue weighted by Crippen LogP contribution is 2.35. The third-order valence-electron chi connectivity index (χ3n) is 6.43. The smallest absolute Gasteiger partial charge is 0.246 e. The largest absolute Gasteiger partial charge is 0.491 e. The molecule has 2 fully saturated rings. The highest BCUT2D eigenvalue weighted by molar-refractivity contribution is 5.95. The average Bonchev–Trinajstić information content (AvgIpc) is 3.47. The lowest BCUT2D eigenvalue weighted by Gasteiger charge is -2.33. The molecule has 0 radical (unpaired) electrons. The molecule has 0 saturated carbocycles. The van der Waals surface area contributed by atoms with E-state index >= 15 is 0 Å². The maximum atomic E-state index is 12.7. The van der Waals surface area contributed by atoms with Gasteiger partial charge in [-0.3, -0.25) is 10.1 Å². The first-order chi connectivity index (χ1) is 15.7. The molecule has 0 aliphatic carbocycles. The van der Waals surface area contributed by atoms with E-state index in [2.05, 4.69) is 21.7 Å². The fraction of sp³-hybridized carbons (Fsp3) is 0.400. The molecule has 3 atom stereocenters. The molecule has 3 aliphatic heterocycles. The first-order valence-corrected chi connectivity index (χ1v) is 11.4. The van der Waals surface area contributed by atoms with Crippen molar-refractivity contribution in [3.63, 3.8) is 0 Å². The van der Waals surface area contributed by atoms with Gasteiger partial charge >= 0.3 is 0 Å². The van der Waals surface area contributed by atoms with E-state index in [0.717, 1.165) is 35.7 Å². The summed E-state index contributed by atoms with van der Waals surface area (Å²) in [4.78, 5) is 17.0. The third-order valence-corrected chi connectivity index (χ3v) is 6.43. The van der Waals surface area contributed by atoms with Crippen molar-refractivity contribution in [1.82, 2.24) is 15.5 Å². The molecule has 0 aromatic heterocycles. The molecule has 32 heavy (non-hydrogen) atoms. The van der Waals surface area contributed by atoms with Crippen molar-refractivity contribution in [2.75, 3.05) is 37.8 Å². The SMILES string of the molecule is O=C1NCNC2C(c3ccc(OCC(O)CN4CCCC4)cc3)=CN(c3ccccc3)C12. The summed E-state index contributed by atoms with van der Waals surface area (Å²) < 4.78 is 5.82. The molecule has 0 spiro atoms. The number of carbonyl (C=O) groups excluding carboxylic acids is 1. The molecule has 3 aliphatic rings. The summed E-state index contributed by atoms with van der Waals surface area (Å²) in [5.74, 6) is 0.759. The molecule has 2 aromatic rings. The zero-order valence-electron chi connectivity index (χ0n) is 18.1. The predicted octanol–water partition coefficient (Wildman–Crippen LogP) is 1.80. The number of amides is 1. The highest BCUT2D eigenvalue weighted by Gasteiger charge is 2.43. The van der Waals surface area contributed by atoms with E-state index < -0.39 is 6.10 Å². The zero-order chi connectivity index (χ0) is 21.9. The number of fused-ring (bicyclic) bond motifs is 1. The molecule has 168 valence electrons. The van der Waals surface area contributed by atoms with Crippen molar-refractivity contribution in [3.05, 3.63) is 66.4 Å². The second-order valence-corrected chi connectivity index (χ2v) is 8.67. The minimum Gasteiger partial charge on any atom is -0.491 e. The highest BCUT2D eigenvalue weighted by atomic mass is 16.5. The van der Waals surface area contributed by atoms with Crippen LogP contribution in [0.1, 0.15) is 18.4 Å². The number of anilines is 1. The maximum Gasteiger partial charge on any atom is 0.246 e. The van der Waals surface area contributed by atoms with Crippen LogP contribution in [0.3, 0.4) is 0 Å². The molecule has 7 heteroatoms. The number of rotatable bonds is 7. The zero-order valence-corrected chi connectivity index (χ0v) is 18.1. The summed E-state index contributed by atoms with van der Waals surface area (Å²) in [5.41, 5.74) is 3.11. The Morgan fingerprint density at radius 1 is 1.06 bits per heavy atom. The lowest BCUT2D eigenvalue weighted by Crippen LogP contribution is -2.61. The minimum atomic E-state index is -0.490. The second-order valence-electron chi connectivity index (χ2n) is 8.67. The summed E-state index contributed by atoms with van der Waals surface area (Å²) in [6.07, 6.45) is 4.00.